The first-order valence-electron chi connectivity index (χ1n) is 20.7. The van der Waals surface area contributed by atoms with Crippen molar-refractivity contribution in [2.45, 2.75) is 58.2 Å². The molecule has 0 unspecified atom stereocenters. The van der Waals surface area contributed by atoms with Gasteiger partial charge in [0.15, 0.2) is 0 Å². The average molecular weight is 864 g/mol. The molecule has 0 aliphatic carbocycles. The third-order valence-electron chi connectivity index (χ3n) is 11.6. The summed E-state index contributed by atoms with van der Waals surface area (Å²) in [5, 5.41) is 9.46. The highest BCUT2D eigenvalue weighted by molar-refractivity contribution is 5.94. The van der Waals surface area contributed by atoms with Crippen molar-refractivity contribution in [3.8, 4) is 28.3 Å². The standard InChI is InChI=1S/C48H48F2N8O.2ClH/c1-3-59-44-30-33(21-20-32(44)2)31-56-28-24-35(25-29-56)58(48-53-43-19-11-7-15-39(43)46(55-48)37-13-5-9-17-41(37)50)57(34-22-26-51-27-23-34)47-52-42-18-10-6-14-38(42)45(54-47)36-12-4-8-16-40(36)49;;/h4-21,30,34-35,51H,3,22-29,31H2,1-2H3;2*1H. The Morgan fingerprint density at radius 2 is 1.13 bits per heavy atom. The summed E-state index contributed by atoms with van der Waals surface area (Å²) < 4.78 is 37.4. The number of nitrogens with zero attached hydrogens (tertiary/aromatic N) is 7. The summed E-state index contributed by atoms with van der Waals surface area (Å²) in [5.41, 5.74) is 5.61. The number of aryl methyl sites for hydroxylation is 1. The van der Waals surface area contributed by atoms with E-state index in [0.717, 1.165) is 80.5 Å². The Balaban J connectivity index is 0.00000281. The number of piperidine rings is 2. The predicted molar refractivity (Wildman–Crippen MR) is 246 cm³/mol. The fourth-order valence-electron chi connectivity index (χ4n) is 8.61. The van der Waals surface area contributed by atoms with Crippen LogP contribution in [0.25, 0.3) is 44.3 Å². The van der Waals surface area contributed by atoms with E-state index in [0.29, 0.717) is 52.1 Å². The molecule has 0 amide bonds. The lowest BCUT2D eigenvalue weighted by molar-refractivity contribution is 0.196. The molecule has 0 atom stereocenters. The van der Waals surface area contributed by atoms with Crippen LogP contribution in [0.5, 0.6) is 5.75 Å². The number of nitrogens with one attached hydrogen (secondary N) is 1. The van der Waals surface area contributed by atoms with Crippen LogP contribution in [0.3, 0.4) is 0 Å². The number of rotatable bonds is 11. The topological polar surface area (TPSA) is 82.5 Å². The Hall–Kier alpha value is -5.46. The zero-order chi connectivity index (χ0) is 40.3. The van der Waals surface area contributed by atoms with Gasteiger partial charge in [-0.15, -0.1) is 24.8 Å². The van der Waals surface area contributed by atoms with E-state index in [9.17, 15) is 0 Å². The lowest BCUT2D eigenvalue weighted by atomic mass is 10.0. The molecule has 5 aromatic carbocycles. The zero-order valence-electron chi connectivity index (χ0n) is 34.3. The highest BCUT2D eigenvalue weighted by Gasteiger charge is 2.38. The van der Waals surface area contributed by atoms with Gasteiger partial charge in [-0.1, -0.05) is 72.8 Å². The second-order valence-electron chi connectivity index (χ2n) is 15.4. The molecule has 2 fully saturated rings. The molecule has 0 bridgehead atoms. The van der Waals surface area contributed by atoms with Gasteiger partial charge in [-0.05, 0) is 106 Å². The minimum atomic E-state index is -0.353. The maximum absolute atomic E-state index is 15.7. The van der Waals surface area contributed by atoms with Crippen molar-refractivity contribution in [2.75, 3.05) is 42.8 Å². The van der Waals surface area contributed by atoms with Crippen molar-refractivity contribution in [1.82, 2.24) is 30.2 Å². The first kappa shape index (κ1) is 43.6. The van der Waals surface area contributed by atoms with E-state index in [4.69, 9.17) is 24.7 Å². The van der Waals surface area contributed by atoms with Crippen molar-refractivity contribution in [3.05, 3.63) is 138 Å². The minimum Gasteiger partial charge on any atom is -0.494 e. The Kier molecular flexibility index (Phi) is 13.9. The summed E-state index contributed by atoms with van der Waals surface area (Å²) in [4.78, 5) is 23.6. The number of ether oxygens (including phenoxy) is 1. The summed E-state index contributed by atoms with van der Waals surface area (Å²) in [6, 6.07) is 35.5. The molecule has 9 nitrogen and oxygen atoms in total. The maximum atomic E-state index is 15.7. The fraction of sp³-hybridized carbons (Fsp3) is 0.292. The van der Waals surface area contributed by atoms with Crippen molar-refractivity contribution in [3.63, 3.8) is 0 Å². The molecule has 2 aromatic heterocycles. The molecule has 2 aliphatic heterocycles. The summed E-state index contributed by atoms with van der Waals surface area (Å²) >= 11 is 0. The van der Waals surface area contributed by atoms with Crippen LogP contribution in [-0.2, 0) is 6.54 Å². The Labute approximate surface area is 368 Å². The van der Waals surface area contributed by atoms with Crippen LogP contribution in [0.1, 0.15) is 43.7 Å². The van der Waals surface area contributed by atoms with E-state index in [1.165, 1.54) is 17.7 Å². The number of benzene rings is 5. The van der Waals surface area contributed by atoms with E-state index in [1.54, 1.807) is 24.3 Å². The van der Waals surface area contributed by atoms with Gasteiger partial charge in [-0.2, -0.15) is 0 Å². The number of likely N-dealkylation sites (tertiary alicyclic amines) is 1. The summed E-state index contributed by atoms with van der Waals surface area (Å²) in [7, 11) is 0. The average Bonchev–Trinajstić information content (AvgIpc) is 3.27. The number of hydrogen-bond donors (Lipinski definition) is 1. The first-order chi connectivity index (χ1) is 28.9. The van der Waals surface area contributed by atoms with Crippen LogP contribution in [0.2, 0.25) is 0 Å². The first-order valence-corrected chi connectivity index (χ1v) is 20.7. The summed E-state index contributed by atoms with van der Waals surface area (Å²) in [6.07, 6.45) is 3.21. The molecular formula is C48H50Cl2F2N8O. The van der Waals surface area contributed by atoms with Gasteiger partial charge >= 0.3 is 0 Å². The van der Waals surface area contributed by atoms with Crippen LogP contribution in [0.15, 0.2) is 115 Å². The van der Waals surface area contributed by atoms with Crippen LogP contribution in [0, 0.1) is 18.6 Å². The van der Waals surface area contributed by atoms with Crippen molar-refractivity contribution >= 4 is 58.5 Å². The SMILES string of the molecule is CCOc1cc(CN2CCC(N(c3nc(-c4ccccc4F)c4ccccc4n3)N(c3nc(-c4ccccc4F)c4ccccc4n3)C3CCNCC3)CC2)ccc1C.Cl.Cl. The third-order valence-corrected chi connectivity index (χ3v) is 11.6. The smallest absolute Gasteiger partial charge is 0.246 e. The number of halogens is 4. The molecule has 4 heterocycles. The van der Waals surface area contributed by atoms with Gasteiger partial charge in [0.1, 0.15) is 17.4 Å². The van der Waals surface area contributed by atoms with Crippen molar-refractivity contribution in [1.29, 1.82) is 0 Å². The predicted octanol–water partition coefficient (Wildman–Crippen LogP) is 10.4. The Morgan fingerprint density at radius 3 is 1.66 bits per heavy atom. The van der Waals surface area contributed by atoms with Crippen LogP contribution < -0.4 is 20.1 Å². The van der Waals surface area contributed by atoms with E-state index in [2.05, 4.69) is 45.4 Å². The second kappa shape index (κ2) is 19.5. The van der Waals surface area contributed by atoms with Crippen molar-refractivity contribution < 1.29 is 13.5 Å². The zero-order valence-corrected chi connectivity index (χ0v) is 35.9. The van der Waals surface area contributed by atoms with E-state index >= 15 is 8.78 Å². The fourth-order valence-corrected chi connectivity index (χ4v) is 8.61. The van der Waals surface area contributed by atoms with Crippen LogP contribution >= 0.6 is 24.8 Å². The number of hydrogen-bond acceptors (Lipinski definition) is 9. The molecule has 2 aliphatic rings. The molecule has 13 heteroatoms. The van der Waals surface area contributed by atoms with Gasteiger partial charge in [-0.25, -0.2) is 38.7 Å². The molecule has 61 heavy (non-hydrogen) atoms. The van der Waals surface area contributed by atoms with E-state index in [-0.39, 0.29) is 48.5 Å². The van der Waals surface area contributed by atoms with Gasteiger partial charge in [0.2, 0.25) is 11.9 Å². The number of aromatic nitrogens is 4. The quantitative estimate of drug-likeness (QED) is 0.128. The van der Waals surface area contributed by atoms with E-state index < -0.39 is 0 Å². The van der Waals surface area contributed by atoms with Gasteiger partial charge < -0.3 is 10.1 Å². The number of fused-ring (bicyclic) bond motifs is 2. The minimum absolute atomic E-state index is 0. The van der Waals surface area contributed by atoms with Gasteiger partial charge in [0, 0.05) is 41.5 Å². The monoisotopic (exact) mass is 862 g/mol. The molecule has 1 N–H and O–H groups in total. The highest BCUT2D eigenvalue weighted by Crippen LogP contribution is 2.37. The molecule has 0 saturated carbocycles. The van der Waals surface area contributed by atoms with E-state index in [1.807, 2.05) is 67.6 Å². The van der Waals surface area contributed by atoms with Crippen molar-refractivity contribution in [2.24, 2.45) is 0 Å². The lowest BCUT2D eigenvalue weighted by Crippen LogP contribution is -2.59. The van der Waals surface area contributed by atoms with Gasteiger partial charge in [0.05, 0.1) is 41.1 Å². The largest absolute Gasteiger partial charge is 0.494 e. The van der Waals surface area contributed by atoms with Crippen LogP contribution in [-0.4, -0.2) is 69.7 Å². The number of hydrazine groups is 1. The van der Waals surface area contributed by atoms with Gasteiger partial charge in [0.25, 0.3) is 0 Å². The molecule has 0 spiro atoms. The second-order valence-corrected chi connectivity index (χ2v) is 15.4. The summed E-state index contributed by atoms with van der Waals surface area (Å²) in [6.45, 7) is 8.77. The Morgan fingerprint density at radius 1 is 0.639 bits per heavy atom. The third kappa shape index (κ3) is 9.11. The van der Waals surface area contributed by atoms with Gasteiger partial charge in [-0.3, -0.25) is 4.90 Å². The summed E-state index contributed by atoms with van der Waals surface area (Å²) in [5.74, 6) is 1.11. The maximum Gasteiger partial charge on any atom is 0.246 e. The molecule has 0 radical (unpaired) electrons. The number of anilines is 2. The molecule has 7 aromatic rings. The Bertz CT molecular complexity index is 2600. The molecule has 316 valence electrons. The molecule has 9 rings (SSSR count). The molecular weight excluding hydrogens is 813 g/mol. The number of para-hydroxylation sites is 2. The van der Waals surface area contributed by atoms with Crippen LogP contribution in [0.4, 0.5) is 20.7 Å². The normalized spacial score (nSPS) is 15.0. The lowest BCUT2D eigenvalue weighted by Gasteiger charge is -2.47. The highest BCUT2D eigenvalue weighted by atomic mass is 35.5. The molecule has 2 saturated heterocycles.